The zero-order valence-electron chi connectivity index (χ0n) is 12.3. The minimum absolute atomic E-state index is 0.191. The van der Waals surface area contributed by atoms with Gasteiger partial charge >= 0.3 is 0 Å². The lowest BCUT2D eigenvalue weighted by atomic mass is 9.84. The summed E-state index contributed by atoms with van der Waals surface area (Å²) >= 11 is 0. The predicted molar refractivity (Wildman–Crippen MR) is 76.2 cm³/mol. The lowest BCUT2D eigenvalue weighted by molar-refractivity contribution is 0.264. The van der Waals surface area contributed by atoms with Crippen molar-refractivity contribution in [2.75, 3.05) is 12.8 Å². The van der Waals surface area contributed by atoms with E-state index in [0.717, 1.165) is 25.8 Å². The molecule has 0 radical (unpaired) electrons. The highest BCUT2D eigenvalue weighted by molar-refractivity contribution is 7.90. The molecule has 0 aliphatic heterocycles. The molecule has 6 nitrogen and oxygen atoms in total. The standard InChI is InChI=1S/C13H23N3O3S/c1-4-14-11-8-6-5-7-10(11)13-15-12(16-19-13)9(2)20(3,17)18/h9-11,14H,4-8H2,1-3H3. The van der Waals surface area contributed by atoms with E-state index in [-0.39, 0.29) is 11.7 Å². The second-order valence-electron chi connectivity index (χ2n) is 5.52. The molecule has 1 fully saturated rings. The Bertz CT molecular complexity index is 539. The first-order valence-corrected chi connectivity index (χ1v) is 9.14. The molecule has 20 heavy (non-hydrogen) atoms. The Morgan fingerprint density at radius 1 is 1.40 bits per heavy atom. The van der Waals surface area contributed by atoms with Gasteiger partial charge in [-0.15, -0.1) is 0 Å². The molecule has 7 heteroatoms. The van der Waals surface area contributed by atoms with Crippen LogP contribution in [0.2, 0.25) is 0 Å². The van der Waals surface area contributed by atoms with E-state index in [1.54, 1.807) is 6.92 Å². The van der Waals surface area contributed by atoms with E-state index in [9.17, 15) is 8.42 Å². The molecule has 3 atom stereocenters. The third-order valence-electron chi connectivity index (χ3n) is 4.01. The Hall–Kier alpha value is -0.950. The summed E-state index contributed by atoms with van der Waals surface area (Å²) in [6.07, 6.45) is 5.64. The Labute approximate surface area is 120 Å². The molecule has 114 valence electrons. The summed E-state index contributed by atoms with van der Waals surface area (Å²) in [6, 6.07) is 0.343. The van der Waals surface area contributed by atoms with Gasteiger partial charge in [-0.2, -0.15) is 4.98 Å². The SMILES string of the molecule is CCNC1CCCCC1c1nc(C(C)S(C)(=O)=O)no1. The molecule has 3 unspecified atom stereocenters. The summed E-state index contributed by atoms with van der Waals surface area (Å²) in [5.41, 5.74) is 0. The van der Waals surface area contributed by atoms with Gasteiger partial charge in [0.05, 0.1) is 5.92 Å². The second kappa shape index (κ2) is 6.22. The molecule has 0 aromatic carbocycles. The van der Waals surface area contributed by atoms with Gasteiger partial charge in [0.2, 0.25) is 5.89 Å². The van der Waals surface area contributed by atoms with Crippen LogP contribution in [0.5, 0.6) is 0 Å². The van der Waals surface area contributed by atoms with Crippen molar-refractivity contribution in [1.82, 2.24) is 15.5 Å². The van der Waals surface area contributed by atoms with Crippen molar-refractivity contribution in [3.63, 3.8) is 0 Å². The van der Waals surface area contributed by atoms with Crippen LogP contribution in [-0.4, -0.2) is 37.4 Å². The van der Waals surface area contributed by atoms with Crippen molar-refractivity contribution < 1.29 is 12.9 Å². The van der Waals surface area contributed by atoms with Crippen LogP contribution < -0.4 is 5.32 Å². The second-order valence-corrected chi connectivity index (χ2v) is 7.88. The number of hydrogen-bond acceptors (Lipinski definition) is 6. The molecule has 1 aromatic heterocycles. The minimum Gasteiger partial charge on any atom is -0.339 e. The van der Waals surface area contributed by atoms with Crippen molar-refractivity contribution in [1.29, 1.82) is 0 Å². The van der Waals surface area contributed by atoms with Crippen LogP contribution in [-0.2, 0) is 9.84 Å². The van der Waals surface area contributed by atoms with Gasteiger partial charge < -0.3 is 9.84 Å². The van der Waals surface area contributed by atoms with Gasteiger partial charge in [-0.1, -0.05) is 24.9 Å². The molecule has 1 N–H and O–H groups in total. The van der Waals surface area contributed by atoms with E-state index in [0.29, 0.717) is 11.9 Å². The summed E-state index contributed by atoms with van der Waals surface area (Å²) in [5, 5.41) is 6.59. The highest BCUT2D eigenvalue weighted by atomic mass is 32.2. The zero-order valence-corrected chi connectivity index (χ0v) is 13.1. The molecule has 0 spiro atoms. The van der Waals surface area contributed by atoms with E-state index in [4.69, 9.17) is 4.52 Å². The van der Waals surface area contributed by atoms with Crippen molar-refractivity contribution in [3.8, 4) is 0 Å². The fourth-order valence-corrected chi connectivity index (χ4v) is 3.17. The van der Waals surface area contributed by atoms with Crippen molar-refractivity contribution in [2.45, 2.75) is 56.7 Å². The fraction of sp³-hybridized carbons (Fsp3) is 0.846. The summed E-state index contributed by atoms with van der Waals surface area (Å²) in [5.74, 6) is 1.03. The van der Waals surface area contributed by atoms with Gasteiger partial charge in [-0.3, -0.25) is 0 Å². The van der Waals surface area contributed by atoms with Gasteiger partial charge in [0.25, 0.3) is 0 Å². The normalized spacial score (nSPS) is 25.6. The van der Waals surface area contributed by atoms with Gasteiger partial charge in [0.15, 0.2) is 15.7 Å². The molecule has 1 aromatic rings. The molecular formula is C13H23N3O3S. The number of sulfone groups is 1. The first-order valence-electron chi connectivity index (χ1n) is 7.19. The van der Waals surface area contributed by atoms with Crippen LogP contribution in [0.3, 0.4) is 0 Å². The van der Waals surface area contributed by atoms with E-state index < -0.39 is 15.1 Å². The van der Waals surface area contributed by atoms with E-state index >= 15 is 0 Å². The Morgan fingerprint density at radius 2 is 2.10 bits per heavy atom. The molecule has 1 aliphatic carbocycles. The van der Waals surface area contributed by atoms with Gasteiger partial charge in [0.1, 0.15) is 5.25 Å². The van der Waals surface area contributed by atoms with Crippen LogP contribution >= 0.6 is 0 Å². The van der Waals surface area contributed by atoms with Gasteiger partial charge in [0, 0.05) is 12.3 Å². The molecule has 0 bridgehead atoms. The lowest BCUT2D eigenvalue weighted by Gasteiger charge is -2.29. The van der Waals surface area contributed by atoms with E-state index in [2.05, 4.69) is 22.4 Å². The third kappa shape index (κ3) is 3.38. The molecule has 2 rings (SSSR count). The average molecular weight is 301 g/mol. The third-order valence-corrected chi connectivity index (χ3v) is 5.51. The van der Waals surface area contributed by atoms with Crippen LogP contribution in [0.15, 0.2) is 4.52 Å². The van der Waals surface area contributed by atoms with E-state index in [1.807, 2.05) is 0 Å². The average Bonchev–Trinajstić information content (AvgIpc) is 2.87. The number of likely N-dealkylation sites (N-methyl/N-ethyl adjacent to an activating group) is 1. The van der Waals surface area contributed by atoms with Crippen LogP contribution in [0.1, 0.15) is 62.4 Å². The Balaban J connectivity index is 2.18. The Kier molecular flexibility index (Phi) is 4.80. The quantitative estimate of drug-likeness (QED) is 0.892. The van der Waals surface area contributed by atoms with Crippen LogP contribution in [0.25, 0.3) is 0 Å². The highest BCUT2D eigenvalue weighted by Crippen LogP contribution is 2.33. The molecule has 1 aliphatic rings. The topological polar surface area (TPSA) is 85.1 Å². The van der Waals surface area contributed by atoms with E-state index in [1.165, 1.54) is 12.7 Å². The summed E-state index contributed by atoms with van der Waals surface area (Å²) in [6.45, 7) is 4.57. The monoisotopic (exact) mass is 301 g/mol. The minimum atomic E-state index is -3.20. The smallest absolute Gasteiger partial charge is 0.231 e. The van der Waals surface area contributed by atoms with Crippen molar-refractivity contribution >= 4 is 9.84 Å². The van der Waals surface area contributed by atoms with Crippen molar-refractivity contribution in [2.24, 2.45) is 0 Å². The van der Waals surface area contributed by atoms with Crippen LogP contribution in [0, 0.1) is 0 Å². The largest absolute Gasteiger partial charge is 0.339 e. The number of aromatic nitrogens is 2. The number of hydrogen-bond donors (Lipinski definition) is 1. The van der Waals surface area contributed by atoms with Gasteiger partial charge in [-0.25, -0.2) is 8.42 Å². The summed E-state index contributed by atoms with van der Waals surface area (Å²) in [7, 11) is -3.20. The van der Waals surface area contributed by atoms with Crippen LogP contribution in [0.4, 0.5) is 0 Å². The fourth-order valence-electron chi connectivity index (χ4n) is 2.69. The number of nitrogens with one attached hydrogen (secondary N) is 1. The van der Waals surface area contributed by atoms with Crippen molar-refractivity contribution in [3.05, 3.63) is 11.7 Å². The lowest BCUT2D eigenvalue weighted by Crippen LogP contribution is -2.37. The first-order chi connectivity index (χ1) is 9.43. The molecule has 1 saturated carbocycles. The molecule has 0 saturated heterocycles. The van der Waals surface area contributed by atoms with Gasteiger partial charge in [-0.05, 0) is 26.3 Å². The maximum atomic E-state index is 11.6. The predicted octanol–water partition coefficient (Wildman–Crippen LogP) is 1.81. The maximum Gasteiger partial charge on any atom is 0.231 e. The molecule has 1 heterocycles. The molecular weight excluding hydrogens is 278 g/mol. The number of nitrogens with zero attached hydrogens (tertiary/aromatic N) is 2. The number of rotatable bonds is 5. The summed E-state index contributed by atoms with van der Waals surface area (Å²) in [4.78, 5) is 4.34. The Morgan fingerprint density at radius 3 is 2.75 bits per heavy atom. The zero-order chi connectivity index (χ0) is 14.8. The summed E-state index contributed by atoms with van der Waals surface area (Å²) < 4.78 is 28.4. The maximum absolute atomic E-state index is 11.6. The highest BCUT2D eigenvalue weighted by Gasteiger charge is 2.32. The first kappa shape index (κ1) is 15.4. The molecule has 0 amide bonds.